The van der Waals surface area contributed by atoms with Gasteiger partial charge in [0, 0.05) is 12.5 Å². The molecule has 2 unspecified atom stereocenters. The molecule has 1 rings (SSSR count). The topological polar surface area (TPSA) is 123 Å². The number of alkyl carbamates (subject to hydrolysis) is 1. The van der Waals surface area contributed by atoms with Crippen molar-refractivity contribution in [3.8, 4) is 0 Å². The van der Waals surface area contributed by atoms with Gasteiger partial charge in [0.25, 0.3) is 0 Å². The minimum Gasteiger partial charge on any atom is -0.467 e. The molecule has 0 aromatic rings. The second-order valence-corrected chi connectivity index (χ2v) is 6.86. The highest BCUT2D eigenvalue weighted by molar-refractivity contribution is 5.88. The van der Waals surface area contributed by atoms with E-state index in [1.54, 1.807) is 20.8 Å². The van der Waals surface area contributed by atoms with Gasteiger partial charge in [0.1, 0.15) is 18.2 Å². The van der Waals surface area contributed by atoms with Crippen LogP contribution in [0.5, 0.6) is 0 Å². The van der Waals surface area contributed by atoms with Crippen LogP contribution in [0.2, 0.25) is 0 Å². The molecule has 9 nitrogen and oxygen atoms in total. The van der Waals surface area contributed by atoms with Crippen LogP contribution in [0.15, 0.2) is 0 Å². The minimum absolute atomic E-state index is 0.138. The number of esters is 1. The zero-order valence-corrected chi connectivity index (χ0v) is 15.1. The van der Waals surface area contributed by atoms with Crippen LogP contribution in [0, 0.1) is 5.92 Å². The Hall–Kier alpha value is -2.32. The average molecular weight is 357 g/mol. The summed E-state index contributed by atoms with van der Waals surface area (Å²) in [5.41, 5.74) is -0.677. The molecule has 0 radical (unpaired) electrons. The molecular formula is C16H27N3O6. The third kappa shape index (κ3) is 7.86. The number of rotatable bonds is 6. The molecule has 25 heavy (non-hydrogen) atoms. The Balaban J connectivity index is 2.53. The van der Waals surface area contributed by atoms with Crippen molar-refractivity contribution in [3.05, 3.63) is 0 Å². The van der Waals surface area contributed by atoms with Gasteiger partial charge in [-0.15, -0.1) is 0 Å². The number of piperidine rings is 1. The quantitative estimate of drug-likeness (QED) is 0.579. The SMILES string of the molecule is COC(=O)C(CC1CCCNC1=O)NC(=O)CNC(=O)OC(C)(C)C. The van der Waals surface area contributed by atoms with Crippen LogP contribution in [0.4, 0.5) is 4.79 Å². The Morgan fingerprint density at radius 1 is 1.32 bits per heavy atom. The van der Waals surface area contributed by atoms with Crippen molar-refractivity contribution in [1.29, 1.82) is 0 Å². The van der Waals surface area contributed by atoms with Crippen molar-refractivity contribution < 1.29 is 28.7 Å². The summed E-state index contributed by atoms with van der Waals surface area (Å²) in [5.74, 6) is -1.71. The van der Waals surface area contributed by atoms with Crippen LogP contribution in [0.3, 0.4) is 0 Å². The fourth-order valence-electron chi connectivity index (χ4n) is 2.41. The summed E-state index contributed by atoms with van der Waals surface area (Å²) in [4.78, 5) is 47.2. The van der Waals surface area contributed by atoms with Crippen molar-refractivity contribution in [2.45, 2.75) is 51.7 Å². The van der Waals surface area contributed by atoms with E-state index in [2.05, 4.69) is 20.7 Å². The number of carbonyl (C=O) groups is 4. The maximum Gasteiger partial charge on any atom is 0.408 e. The summed E-state index contributed by atoms with van der Waals surface area (Å²) < 4.78 is 9.71. The predicted molar refractivity (Wildman–Crippen MR) is 88.5 cm³/mol. The molecule has 1 aliphatic rings. The highest BCUT2D eigenvalue weighted by atomic mass is 16.6. The smallest absolute Gasteiger partial charge is 0.408 e. The molecule has 9 heteroatoms. The molecular weight excluding hydrogens is 330 g/mol. The molecule has 1 aliphatic heterocycles. The Kier molecular flexibility index (Phi) is 7.66. The highest BCUT2D eigenvalue weighted by Crippen LogP contribution is 2.18. The zero-order chi connectivity index (χ0) is 19.0. The minimum atomic E-state index is -0.952. The van der Waals surface area contributed by atoms with Gasteiger partial charge in [0.2, 0.25) is 11.8 Å². The third-order valence-corrected chi connectivity index (χ3v) is 3.53. The van der Waals surface area contributed by atoms with E-state index in [0.717, 1.165) is 6.42 Å². The standard InChI is InChI=1S/C16H27N3O6/c1-16(2,3)25-15(23)18-9-12(20)19-11(14(22)24-4)8-10-6-5-7-17-13(10)21/h10-11H,5-9H2,1-4H3,(H,17,21)(H,18,23)(H,19,20). The lowest BCUT2D eigenvalue weighted by molar-refractivity contribution is -0.146. The summed E-state index contributed by atoms with van der Waals surface area (Å²) in [6.07, 6.45) is 0.879. The predicted octanol–water partition coefficient (Wildman–Crippen LogP) is 0.0852. The van der Waals surface area contributed by atoms with Crippen LogP contribution < -0.4 is 16.0 Å². The monoisotopic (exact) mass is 357 g/mol. The van der Waals surface area contributed by atoms with E-state index in [1.165, 1.54) is 7.11 Å². The van der Waals surface area contributed by atoms with Gasteiger partial charge >= 0.3 is 12.1 Å². The Morgan fingerprint density at radius 3 is 2.56 bits per heavy atom. The normalized spacial score (nSPS) is 18.6. The lowest BCUT2D eigenvalue weighted by Gasteiger charge is -2.25. The van der Waals surface area contributed by atoms with Crippen molar-refractivity contribution in [2.24, 2.45) is 5.92 Å². The van der Waals surface area contributed by atoms with Gasteiger partial charge in [0.05, 0.1) is 7.11 Å². The summed E-state index contributed by atoms with van der Waals surface area (Å²) in [6.45, 7) is 5.38. The number of amides is 3. The lowest BCUT2D eigenvalue weighted by atomic mass is 9.91. The third-order valence-electron chi connectivity index (χ3n) is 3.53. The molecule has 0 aliphatic carbocycles. The Labute approximate surface area is 147 Å². The second kappa shape index (κ2) is 9.24. The molecule has 2 atom stereocenters. The maximum absolute atomic E-state index is 12.0. The summed E-state index contributed by atoms with van der Waals surface area (Å²) in [7, 11) is 1.21. The van der Waals surface area contributed by atoms with E-state index in [4.69, 9.17) is 4.74 Å². The van der Waals surface area contributed by atoms with Gasteiger partial charge in [-0.3, -0.25) is 9.59 Å². The van der Waals surface area contributed by atoms with Gasteiger partial charge in [-0.1, -0.05) is 0 Å². The first-order valence-corrected chi connectivity index (χ1v) is 8.24. The van der Waals surface area contributed by atoms with E-state index < -0.39 is 29.6 Å². The van der Waals surface area contributed by atoms with Gasteiger partial charge < -0.3 is 25.4 Å². The second-order valence-electron chi connectivity index (χ2n) is 6.86. The Morgan fingerprint density at radius 2 is 2.00 bits per heavy atom. The van der Waals surface area contributed by atoms with Gasteiger partial charge in [-0.05, 0) is 40.0 Å². The van der Waals surface area contributed by atoms with Crippen molar-refractivity contribution in [1.82, 2.24) is 16.0 Å². The molecule has 1 saturated heterocycles. The summed E-state index contributed by atoms with van der Waals surface area (Å²) in [6, 6.07) is -0.952. The van der Waals surface area contributed by atoms with E-state index >= 15 is 0 Å². The Bertz CT molecular complexity index is 514. The number of methoxy groups -OCH3 is 1. The molecule has 0 saturated carbocycles. The number of hydrogen-bond donors (Lipinski definition) is 3. The van der Waals surface area contributed by atoms with Crippen molar-refractivity contribution in [3.63, 3.8) is 0 Å². The summed E-state index contributed by atoms with van der Waals surface area (Å²) in [5, 5.41) is 7.53. The molecule has 1 fully saturated rings. The lowest BCUT2D eigenvalue weighted by Crippen LogP contribution is -2.49. The molecule has 0 aromatic carbocycles. The zero-order valence-electron chi connectivity index (χ0n) is 15.1. The van der Waals surface area contributed by atoms with Crippen LogP contribution in [-0.2, 0) is 23.9 Å². The molecule has 1 heterocycles. The van der Waals surface area contributed by atoms with Gasteiger partial charge in [-0.25, -0.2) is 9.59 Å². The van der Waals surface area contributed by atoms with E-state index in [1.807, 2.05) is 0 Å². The number of hydrogen-bond acceptors (Lipinski definition) is 6. The molecule has 142 valence electrons. The average Bonchev–Trinajstić information content (AvgIpc) is 2.52. The summed E-state index contributed by atoms with van der Waals surface area (Å²) >= 11 is 0. The van der Waals surface area contributed by atoms with Gasteiger partial charge in [0.15, 0.2) is 0 Å². The number of ether oxygens (including phenoxy) is 2. The van der Waals surface area contributed by atoms with Crippen LogP contribution >= 0.6 is 0 Å². The van der Waals surface area contributed by atoms with E-state index in [-0.39, 0.29) is 24.8 Å². The fraction of sp³-hybridized carbons (Fsp3) is 0.750. The van der Waals surface area contributed by atoms with Crippen molar-refractivity contribution in [2.75, 3.05) is 20.2 Å². The van der Waals surface area contributed by atoms with E-state index in [9.17, 15) is 19.2 Å². The number of nitrogens with one attached hydrogen (secondary N) is 3. The maximum atomic E-state index is 12.0. The number of carbonyl (C=O) groups excluding carboxylic acids is 4. The molecule has 3 N–H and O–H groups in total. The highest BCUT2D eigenvalue weighted by Gasteiger charge is 2.30. The first kappa shape index (κ1) is 20.7. The van der Waals surface area contributed by atoms with E-state index in [0.29, 0.717) is 13.0 Å². The molecule has 3 amide bonds. The molecule has 0 bridgehead atoms. The first-order valence-electron chi connectivity index (χ1n) is 8.24. The van der Waals surface area contributed by atoms with Crippen molar-refractivity contribution >= 4 is 23.9 Å². The first-order chi connectivity index (χ1) is 11.6. The molecule has 0 aromatic heterocycles. The van der Waals surface area contributed by atoms with Crippen LogP contribution in [0.1, 0.15) is 40.0 Å². The largest absolute Gasteiger partial charge is 0.467 e. The van der Waals surface area contributed by atoms with Gasteiger partial charge in [-0.2, -0.15) is 0 Å². The van der Waals surface area contributed by atoms with Crippen LogP contribution in [-0.4, -0.2) is 55.7 Å². The fourth-order valence-corrected chi connectivity index (χ4v) is 2.41. The molecule has 0 spiro atoms. The van der Waals surface area contributed by atoms with Crippen LogP contribution in [0.25, 0.3) is 0 Å².